The first kappa shape index (κ1) is 15.8. The summed E-state index contributed by atoms with van der Waals surface area (Å²) in [4.78, 5) is 28.3. The molecule has 1 aliphatic carbocycles. The number of amides is 2. The maximum absolute atomic E-state index is 11.9. The Morgan fingerprint density at radius 3 is 2.71 bits per heavy atom. The molecule has 2 amide bonds. The Morgan fingerprint density at radius 2 is 2.14 bits per heavy atom. The Balaban J connectivity index is 1.84. The predicted octanol–water partition coefficient (Wildman–Crippen LogP) is 2.28. The first-order valence-corrected chi connectivity index (χ1v) is 8.06. The molecule has 0 bridgehead atoms. The van der Waals surface area contributed by atoms with E-state index in [0.29, 0.717) is 6.54 Å². The summed E-state index contributed by atoms with van der Waals surface area (Å²) < 4.78 is 0. The number of urea groups is 1. The maximum Gasteiger partial charge on any atom is 0.326 e. The summed E-state index contributed by atoms with van der Waals surface area (Å²) in [6.07, 6.45) is 6.68. The molecular formula is C14H21N3O3S. The predicted molar refractivity (Wildman–Crippen MR) is 80.2 cm³/mol. The number of thiazole rings is 1. The van der Waals surface area contributed by atoms with E-state index in [1.807, 2.05) is 6.92 Å². The van der Waals surface area contributed by atoms with Crippen LogP contribution < -0.4 is 10.6 Å². The minimum Gasteiger partial charge on any atom is -0.480 e. The van der Waals surface area contributed by atoms with E-state index in [-0.39, 0.29) is 5.92 Å². The number of nitrogens with zero attached hydrogens (tertiary/aromatic N) is 1. The fourth-order valence-corrected chi connectivity index (χ4v) is 3.43. The number of hydrogen-bond acceptors (Lipinski definition) is 4. The van der Waals surface area contributed by atoms with E-state index >= 15 is 0 Å². The van der Waals surface area contributed by atoms with Gasteiger partial charge >= 0.3 is 12.0 Å². The van der Waals surface area contributed by atoms with Crippen LogP contribution in [0.25, 0.3) is 0 Å². The number of carbonyl (C=O) groups excluding carboxylic acids is 1. The number of carboxylic acids is 1. The van der Waals surface area contributed by atoms with Gasteiger partial charge in [0.1, 0.15) is 6.04 Å². The van der Waals surface area contributed by atoms with Gasteiger partial charge in [0.05, 0.1) is 11.6 Å². The SMILES string of the molecule is Cc1ncc(CNC(=O)NC(C(=O)O)C2CCCCC2)s1. The van der Waals surface area contributed by atoms with Gasteiger partial charge in [0, 0.05) is 11.1 Å². The summed E-state index contributed by atoms with van der Waals surface area (Å²) in [7, 11) is 0. The third-order valence-electron chi connectivity index (χ3n) is 3.77. The van der Waals surface area contributed by atoms with Crippen LogP contribution in [0.15, 0.2) is 6.20 Å². The monoisotopic (exact) mass is 311 g/mol. The van der Waals surface area contributed by atoms with E-state index in [1.54, 1.807) is 6.20 Å². The Morgan fingerprint density at radius 1 is 1.43 bits per heavy atom. The summed E-state index contributed by atoms with van der Waals surface area (Å²) in [6, 6.07) is -1.23. The average molecular weight is 311 g/mol. The highest BCUT2D eigenvalue weighted by Crippen LogP contribution is 2.26. The smallest absolute Gasteiger partial charge is 0.326 e. The molecular weight excluding hydrogens is 290 g/mol. The van der Waals surface area contributed by atoms with E-state index in [4.69, 9.17) is 0 Å². The molecule has 0 spiro atoms. The van der Waals surface area contributed by atoms with Crippen LogP contribution in [-0.2, 0) is 11.3 Å². The van der Waals surface area contributed by atoms with Crippen LogP contribution in [0.2, 0.25) is 0 Å². The van der Waals surface area contributed by atoms with Gasteiger partial charge in [-0.1, -0.05) is 19.3 Å². The number of carboxylic acid groups (broad SMARTS) is 1. The maximum atomic E-state index is 11.9. The first-order chi connectivity index (χ1) is 10.1. The Kier molecular flexibility index (Phi) is 5.55. The van der Waals surface area contributed by atoms with Crippen molar-refractivity contribution in [1.29, 1.82) is 0 Å². The third kappa shape index (κ3) is 4.70. The van der Waals surface area contributed by atoms with Gasteiger partial charge in [0.15, 0.2) is 0 Å². The molecule has 1 heterocycles. The molecule has 1 aromatic heterocycles. The van der Waals surface area contributed by atoms with Crippen molar-refractivity contribution < 1.29 is 14.7 Å². The van der Waals surface area contributed by atoms with E-state index in [9.17, 15) is 14.7 Å². The van der Waals surface area contributed by atoms with E-state index < -0.39 is 18.0 Å². The van der Waals surface area contributed by atoms with Gasteiger partial charge in [0.2, 0.25) is 0 Å². The molecule has 1 aliphatic rings. The van der Waals surface area contributed by atoms with Crippen LogP contribution in [0, 0.1) is 12.8 Å². The highest BCUT2D eigenvalue weighted by Gasteiger charge is 2.30. The molecule has 1 saturated carbocycles. The van der Waals surface area contributed by atoms with Gasteiger partial charge in [-0.25, -0.2) is 14.6 Å². The van der Waals surface area contributed by atoms with Crippen molar-refractivity contribution in [3.8, 4) is 0 Å². The molecule has 3 N–H and O–H groups in total. The van der Waals surface area contributed by atoms with Gasteiger partial charge in [-0.2, -0.15) is 0 Å². The van der Waals surface area contributed by atoms with E-state index in [1.165, 1.54) is 11.3 Å². The summed E-state index contributed by atoms with van der Waals surface area (Å²) in [5.74, 6) is -0.918. The lowest BCUT2D eigenvalue weighted by Crippen LogP contribution is -2.50. The fraction of sp³-hybridized carbons (Fsp3) is 0.643. The molecule has 116 valence electrons. The Labute approximate surface area is 128 Å². The van der Waals surface area contributed by atoms with Crippen LogP contribution in [0.1, 0.15) is 42.0 Å². The quantitative estimate of drug-likeness (QED) is 0.778. The van der Waals surface area contributed by atoms with Crippen molar-refractivity contribution in [3.63, 3.8) is 0 Å². The molecule has 0 radical (unpaired) electrons. The zero-order valence-corrected chi connectivity index (χ0v) is 12.9. The van der Waals surface area contributed by atoms with Gasteiger partial charge in [0.25, 0.3) is 0 Å². The van der Waals surface area contributed by atoms with Crippen molar-refractivity contribution in [2.24, 2.45) is 5.92 Å². The summed E-state index contributed by atoms with van der Waals surface area (Å²) >= 11 is 1.51. The van der Waals surface area contributed by atoms with Gasteiger partial charge in [-0.3, -0.25) is 0 Å². The Hall–Kier alpha value is -1.63. The van der Waals surface area contributed by atoms with Crippen molar-refractivity contribution in [2.45, 2.75) is 51.6 Å². The largest absolute Gasteiger partial charge is 0.480 e. The normalized spacial score (nSPS) is 17.2. The van der Waals surface area contributed by atoms with Crippen LogP contribution >= 0.6 is 11.3 Å². The molecule has 0 aromatic carbocycles. The van der Waals surface area contributed by atoms with E-state index in [0.717, 1.165) is 42.0 Å². The second-order valence-electron chi connectivity index (χ2n) is 5.39. The second-order valence-corrected chi connectivity index (χ2v) is 6.71. The summed E-state index contributed by atoms with van der Waals surface area (Å²) in [5.41, 5.74) is 0. The lowest BCUT2D eigenvalue weighted by atomic mass is 9.84. The third-order valence-corrected chi connectivity index (χ3v) is 4.68. The Bertz CT molecular complexity index is 497. The van der Waals surface area contributed by atoms with Gasteiger partial charge in [-0.05, 0) is 25.7 Å². The van der Waals surface area contributed by atoms with Crippen LogP contribution in [0.3, 0.4) is 0 Å². The molecule has 0 aliphatic heterocycles. The second kappa shape index (κ2) is 7.40. The molecule has 2 rings (SSSR count). The molecule has 1 unspecified atom stereocenters. The number of aryl methyl sites for hydroxylation is 1. The van der Waals surface area contributed by atoms with E-state index in [2.05, 4.69) is 15.6 Å². The molecule has 21 heavy (non-hydrogen) atoms. The number of aliphatic carboxylic acids is 1. The highest BCUT2D eigenvalue weighted by molar-refractivity contribution is 7.11. The number of carbonyl (C=O) groups is 2. The van der Waals surface area contributed by atoms with Crippen LogP contribution in [-0.4, -0.2) is 28.1 Å². The topological polar surface area (TPSA) is 91.3 Å². The molecule has 0 saturated heterocycles. The standard InChI is InChI=1S/C14H21N3O3S/c1-9-15-7-11(21-9)8-16-14(20)17-12(13(18)19)10-5-3-2-4-6-10/h7,10,12H,2-6,8H2,1H3,(H,18,19)(H2,16,17,20). The van der Waals surface area contributed by atoms with Crippen molar-refractivity contribution in [1.82, 2.24) is 15.6 Å². The summed E-state index contributed by atoms with van der Waals surface area (Å²) in [6.45, 7) is 2.27. The zero-order chi connectivity index (χ0) is 15.2. The zero-order valence-electron chi connectivity index (χ0n) is 12.1. The molecule has 1 fully saturated rings. The molecule has 7 heteroatoms. The highest BCUT2D eigenvalue weighted by atomic mass is 32.1. The van der Waals surface area contributed by atoms with Gasteiger partial charge in [-0.15, -0.1) is 11.3 Å². The summed E-state index contributed by atoms with van der Waals surface area (Å²) in [5, 5.41) is 15.5. The number of nitrogens with one attached hydrogen (secondary N) is 2. The van der Waals surface area contributed by atoms with Crippen LogP contribution in [0.4, 0.5) is 4.79 Å². The van der Waals surface area contributed by atoms with Crippen LogP contribution in [0.5, 0.6) is 0 Å². The van der Waals surface area contributed by atoms with Crippen molar-refractivity contribution in [3.05, 3.63) is 16.1 Å². The molecule has 1 atom stereocenters. The molecule has 6 nitrogen and oxygen atoms in total. The minimum atomic E-state index is -0.953. The molecule has 1 aromatic rings. The average Bonchev–Trinajstić information content (AvgIpc) is 2.89. The van der Waals surface area contributed by atoms with Crippen molar-refractivity contribution >= 4 is 23.3 Å². The minimum absolute atomic E-state index is 0.0349. The number of hydrogen-bond donors (Lipinski definition) is 3. The fourth-order valence-electron chi connectivity index (χ4n) is 2.70. The first-order valence-electron chi connectivity index (χ1n) is 7.24. The number of rotatable bonds is 5. The van der Waals surface area contributed by atoms with Gasteiger partial charge < -0.3 is 15.7 Å². The lowest BCUT2D eigenvalue weighted by molar-refractivity contribution is -0.141. The lowest BCUT2D eigenvalue weighted by Gasteiger charge is -2.28. The number of aromatic nitrogens is 1. The van der Waals surface area contributed by atoms with Crippen molar-refractivity contribution in [2.75, 3.05) is 0 Å².